The molecule has 5 heteroatoms. The first-order chi connectivity index (χ1) is 13.3. The van der Waals surface area contributed by atoms with E-state index in [-0.39, 0.29) is 0 Å². The third-order valence-corrected chi connectivity index (χ3v) is 5.08. The Morgan fingerprint density at radius 3 is 2.56 bits per heavy atom. The van der Waals surface area contributed by atoms with Crippen molar-refractivity contribution in [2.45, 2.75) is 12.6 Å². The number of aromatic nitrogens is 3. The van der Waals surface area contributed by atoms with Gasteiger partial charge in [0.25, 0.3) is 0 Å². The smallest absolute Gasteiger partial charge is 0.167 e. The van der Waals surface area contributed by atoms with Gasteiger partial charge in [0.1, 0.15) is 11.6 Å². The van der Waals surface area contributed by atoms with Gasteiger partial charge in [0.2, 0.25) is 0 Å². The molecule has 4 aromatic rings. The number of pyridine rings is 1. The van der Waals surface area contributed by atoms with E-state index in [4.69, 9.17) is 21.3 Å². The van der Waals surface area contributed by atoms with E-state index in [9.17, 15) is 0 Å². The molecule has 0 N–H and O–H groups in total. The summed E-state index contributed by atoms with van der Waals surface area (Å²) in [7, 11) is 0. The highest BCUT2D eigenvalue weighted by atomic mass is 35.5. The van der Waals surface area contributed by atoms with Crippen molar-refractivity contribution >= 4 is 11.6 Å². The van der Waals surface area contributed by atoms with Gasteiger partial charge in [-0.3, -0.25) is 9.55 Å². The normalized spacial score (nSPS) is 12.2. The molecule has 0 spiro atoms. The number of nitrogens with zero attached hydrogens (tertiary/aromatic N) is 3. The Morgan fingerprint density at radius 1 is 0.963 bits per heavy atom. The summed E-state index contributed by atoms with van der Waals surface area (Å²) in [6.45, 7) is 0.420. The van der Waals surface area contributed by atoms with Crippen LogP contribution >= 0.6 is 11.6 Å². The Balaban J connectivity index is 1.77. The van der Waals surface area contributed by atoms with Crippen LogP contribution in [0.5, 0.6) is 5.75 Å². The van der Waals surface area contributed by atoms with Gasteiger partial charge < -0.3 is 4.74 Å². The summed E-state index contributed by atoms with van der Waals surface area (Å²) in [5.41, 5.74) is 6.11. The van der Waals surface area contributed by atoms with Crippen LogP contribution in [0, 0.1) is 0 Å². The van der Waals surface area contributed by atoms with Gasteiger partial charge in [0.15, 0.2) is 6.73 Å². The fraction of sp³-hybridized carbons (Fsp3) is 0.0909. The van der Waals surface area contributed by atoms with E-state index in [1.165, 1.54) is 0 Å². The van der Waals surface area contributed by atoms with Crippen LogP contribution in [0.1, 0.15) is 5.56 Å². The molecular weight excluding hydrogens is 358 g/mol. The molecule has 0 amide bonds. The van der Waals surface area contributed by atoms with Crippen molar-refractivity contribution in [1.29, 1.82) is 0 Å². The first-order valence-corrected chi connectivity index (χ1v) is 9.27. The zero-order valence-electron chi connectivity index (χ0n) is 14.5. The molecule has 0 bridgehead atoms. The predicted octanol–water partition coefficient (Wildman–Crippen LogP) is 5.37. The number of benzene rings is 2. The number of fused-ring (bicyclic) bond motifs is 3. The first kappa shape index (κ1) is 16.1. The van der Waals surface area contributed by atoms with Crippen molar-refractivity contribution < 1.29 is 4.74 Å². The number of imidazole rings is 1. The summed E-state index contributed by atoms with van der Waals surface area (Å²) >= 11 is 5.95. The van der Waals surface area contributed by atoms with E-state index in [0.29, 0.717) is 12.6 Å². The molecular formula is C22H16ClN3O. The second-order valence-electron chi connectivity index (χ2n) is 6.40. The van der Waals surface area contributed by atoms with Gasteiger partial charge >= 0.3 is 0 Å². The Bertz CT molecular complexity index is 1100. The zero-order valence-corrected chi connectivity index (χ0v) is 15.2. The minimum Gasteiger partial charge on any atom is -0.472 e. The van der Waals surface area contributed by atoms with E-state index in [2.05, 4.69) is 33.8 Å². The molecule has 0 radical (unpaired) electrons. The zero-order chi connectivity index (χ0) is 18.2. The molecule has 0 saturated carbocycles. The quantitative estimate of drug-likeness (QED) is 0.453. The fourth-order valence-corrected chi connectivity index (χ4v) is 3.61. The Morgan fingerprint density at radius 2 is 1.78 bits per heavy atom. The van der Waals surface area contributed by atoms with E-state index < -0.39 is 0 Å². The van der Waals surface area contributed by atoms with Crippen LogP contribution in [0.15, 0.2) is 73.1 Å². The number of hydrogen-bond donors (Lipinski definition) is 0. The number of ether oxygens (including phenoxy) is 1. The van der Waals surface area contributed by atoms with Gasteiger partial charge in [-0.25, -0.2) is 4.98 Å². The minimum absolute atomic E-state index is 0.420. The van der Waals surface area contributed by atoms with Gasteiger partial charge in [-0.15, -0.1) is 11.6 Å². The maximum atomic E-state index is 5.96. The van der Waals surface area contributed by atoms with Gasteiger partial charge in [-0.1, -0.05) is 54.6 Å². The van der Waals surface area contributed by atoms with Crippen molar-refractivity contribution in [3.05, 3.63) is 78.6 Å². The molecule has 1 aliphatic rings. The summed E-state index contributed by atoms with van der Waals surface area (Å²) < 4.78 is 8.08. The van der Waals surface area contributed by atoms with Gasteiger partial charge in [0.05, 0.1) is 17.0 Å². The Kier molecular flexibility index (Phi) is 3.91. The highest BCUT2D eigenvalue weighted by Crippen LogP contribution is 2.41. The van der Waals surface area contributed by atoms with Crippen molar-refractivity contribution in [1.82, 2.24) is 14.5 Å². The van der Waals surface area contributed by atoms with Crippen molar-refractivity contribution in [2.24, 2.45) is 0 Å². The monoisotopic (exact) mass is 373 g/mol. The van der Waals surface area contributed by atoms with Crippen LogP contribution in [0.25, 0.3) is 33.9 Å². The molecule has 2 aromatic carbocycles. The molecule has 0 unspecified atom stereocenters. The van der Waals surface area contributed by atoms with Gasteiger partial charge in [0, 0.05) is 29.4 Å². The molecule has 132 valence electrons. The Labute approximate surface area is 162 Å². The number of alkyl halides is 1. The molecule has 0 aliphatic carbocycles. The van der Waals surface area contributed by atoms with Crippen LogP contribution < -0.4 is 4.74 Å². The predicted molar refractivity (Wildman–Crippen MR) is 107 cm³/mol. The summed E-state index contributed by atoms with van der Waals surface area (Å²) in [5.74, 6) is 2.18. The standard InChI is InChI=1S/C22H16ClN3O/c23-12-15-6-8-16(9-7-15)20-21(17-4-2-1-3-5-17)26-14-27-19-10-11-24-13-18(19)22(26)25-20/h1-11,13H,12,14H2. The molecule has 5 rings (SSSR count). The molecule has 3 heterocycles. The minimum atomic E-state index is 0.420. The molecule has 0 saturated heterocycles. The fourth-order valence-electron chi connectivity index (χ4n) is 3.44. The Hall–Kier alpha value is -3.11. The number of halogens is 1. The summed E-state index contributed by atoms with van der Waals surface area (Å²) in [6.07, 6.45) is 3.55. The van der Waals surface area contributed by atoms with Crippen molar-refractivity contribution in [3.8, 4) is 39.7 Å². The van der Waals surface area contributed by atoms with Crippen molar-refractivity contribution in [3.63, 3.8) is 0 Å². The molecule has 2 aromatic heterocycles. The molecule has 4 nitrogen and oxygen atoms in total. The van der Waals surface area contributed by atoms with E-state index in [0.717, 1.165) is 45.2 Å². The third-order valence-electron chi connectivity index (χ3n) is 4.77. The average molecular weight is 374 g/mol. The van der Waals surface area contributed by atoms with Crippen LogP contribution in [0.4, 0.5) is 0 Å². The van der Waals surface area contributed by atoms with Crippen LogP contribution in [-0.4, -0.2) is 14.5 Å². The maximum absolute atomic E-state index is 5.96. The molecule has 0 fully saturated rings. The highest BCUT2D eigenvalue weighted by molar-refractivity contribution is 6.17. The first-order valence-electron chi connectivity index (χ1n) is 8.73. The number of rotatable bonds is 3. The van der Waals surface area contributed by atoms with Crippen molar-refractivity contribution in [2.75, 3.05) is 0 Å². The molecule has 0 atom stereocenters. The lowest BCUT2D eigenvalue weighted by Crippen LogP contribution is -2.14. The van der Waals surface area contributed by atoms with E-state index in [1.807, 2.05) is 42.6 Å². The maximum Gasteiger partial charge on any atom is 0.167 e. The SMILES string of the molecule is ClCc1ccc(-c2nc3n(c2-c2ccccc2)COc2ccncc2-3)cc1. The highest BCUT2D eigenvalue weighted by Gasteiger charge is 2.26. The van der Waals surface area contributed by atoms with Gasteiger partial charge in [-0.2, -0.15) is 0 Å². The summed E-state index contributed by atoms with van der Waals surface area (Å²) in [5, 5.41) is 0. The summed E-state index contributed by atoms with van der Waals surface area (Å²) in [4.78, 5) is 9.26. The third kappa shape index (κ3) is 2.69. The van der Waals surface area contributed by atoms with Gasteiger partial charge in [-0.05, 0) is 11.6 Å². The number of hydrogen-bond acceptors (Lipinski definition) is 3. The lowest BCUT2D eigenvalue weighted by molar-refractivity contribution is 0.231. The van der Waals surface area contributed by atoms with Crippen LogP contribution in [0.2, 0.25) is 0 Å². The second-order valence-corrected chi connectivity index (χ2v) is 6.67. The topological polar surface area (TPSA) is 39.9 Å². The van der Waals surface area contributed by atoms with Crippen LogP contribution in [0.3, 0.4) is 0 Å². The van der Waals surface area contributed by atoms with E-state index in [1.54, 1.807) is 6.20 Å². The lowest BCUT2D eigenvalue weighted by atomic mass is 10.0. The largest absolute Gasteiger partial charge is 0.472 e. The second kappa shape index (κ2) is 6.56. The van der Waals surface area contributed by atoms with E-state index >= 15 is 0 Å². The van der Waals surface area contributed by atoms with Crippen LogP contribution in [-0.2, 0) is 12.6 Å². The molecule has 1 aliphatic heterocycles. The lowest BCUT2D eigenvalue weighted by Gasteiger charge is -2.20. The average Bonchev–Trinajstić information content (AvgIpc) is 3.14. The summed E-state index contributed by atoms with van der Waals surface area (Å²) in [6, 6.07) is 20.4. The molecule has 27 heavy (non-hydrogen) atoms.